The number of rotatable bonds is 2. The van der Waals surface area contributed by atoms with Crippen LogP contribution in [-0.2, 0) is 6.42 Å². The van der Waals surface area contributed by atoms with Crippen molar-refractivity contribution >= 4 is 11.7 Å². The summed E-state index contributed by atoms with van der Waals surface area (Å²) in [7, 11) is 0. The summed E-state index contributed by atoms with van der Waals surface area (Å²) in [5.74, 6) is 0.123. The monoisotopic (exact) mass is 192 g/mol. The summed E-state index contributed by atoms with van der Waals surface area (Å²) in [5, 5.41) is 16.4. The van der Waals surface area contributed by atoms with E-state index in [1.165, 1.54) is 12.4 Å². The first-order valence-corrected chi connectivity index (χ1v) is 4.15. The molecule has 2 aromatic heterocycles. The average molecular weight is 192 g/mol. The molecule has 0 aliphatic heterocycles. The summed E-state index contributed by atoms with van der Waals surface area (Å²) >= 11 is 0. The average Bonchev–Trinajstić information content (AvgIpc) is 2.59. The van der Waals surface area contributed by atoms with Crippen molar-refractivity contribution in [2.24, 2.45) is 0 Å². The molecule has 6 heteroatoms. The SMILES string of the molecule is CCc1nnc2ncc(C(=O)O)cn12. The molecule has 0 fully saturated rings. The van der Waals surface area contributed by atoms with Crippen LogP contribution in [0.5, 0.6) is 0 Å². The van der Waals surface area contributed by atoms with Gasteiger partial charge < -0.3 is 5.11 Å². The van der Waals surface area contributed by atoms with Crippen molar-refractivity contribution in [1.29, 1.82) is 0 Å². The summed E-state index contributed by atoms with van der Waals surface area (Å²) in [4.78, 5) is 14.6. The van der Waals surface area contributed by atoms with Crippen LogP contribution >= 0.6 is 0 Å². The molecule has 1 N–H and O–H groups in total. The molecule has 0 atom stereocenters. The van der Waals surface area contributed by atoms with Gasteiger partial charge in [-0.2, -0.15) is 0 Å². The quantitative estimate of drug-likeness (QED) is 0.744. The fraction of sp³-hybridized carbons (Fsp3) is 0.250. The number of carbonyl (C=O) groups is 1. The maximum absolute atomic E-state index is 10.7. The number of aromatic carboxylic acids is 1. The third kappa shape index (κ3) is 1.20. The zero-order chi connectivity index (χ0) is 10.1. The number of aryl methyl sites for hydroxylation is 1. The van der Waals surface area contributed by atoms with Gasteiger partial charge in [0.05, 0.1) is 5.56 Å². The van der Waals surface area contributed by atoms with Gasteiger partial charge >= 0.3 is 5.97 Å². The van der Waals surface area contributed by atoms with E-state index in [0.29, 0.717) is 18.0 Å². The lowest BCUT2D eigenvalue weighted by atomic mass is 10.3. The highest BCUT2D eigenvalue weighted by atomic mass is 16.4. The Labute approximate surface area is 79.2 Å². The van der Waals surface area contributed by atoms with E-state index in [0.717, 1.165) is 0 Å². The topological polar surface area (TPSA) is 80.4 Å². The van der Waals surface area contributed by atoms with Crippen molar-refractivity contribution in [3.63, 3.8) is 0 Å². The highest BCUT2D eigenvalue weighted by Gasteiger charge is 2.08. The van der Waals surface area contributed by atoms with Gasteiger partial charge in [0.15, 0.2) is 0 Å². The van der Waals surface area contributed by atoms with Crippen molar-refractivity contribution in [3.8, 4) is 0 Å². The summed E-state index contributed by atoms with van der Waals surface area (Å²) < 4.78 is 1.59. The van der Waals surface area contributed by atoms with Gasteiger partial charge in [-0.25, -0.2) is 9.78 Å². The fourth-order valence-electron chi connectivity index (χ4n) is 1.19. The van der Waals surface area contributed by atoms with Crippen molar-refractivity contribution < 1.29 is 9.90 Å². The Balaban J connectivity index is 2.67. The minimum absolute atomic E-state index is 0.131. The predicted molar refractivity (Wildman–Crippen MR) is 47.1 cm³/mol. The molecule has 72 valence electrons. The van der Waals surface area contributed by atoms with Gasteiger partial charge in [-0.1, -0.05) is 6.92 Å². The summed E-state index contributed by atoms with van der Waals surface area (Å²) in [6.07, 6.45) is 3.43. The molecular formula is C8H8N4O2. The zero-order valence-electron chi connectivity index (χ0n) is 7.51. The van der Waals surface area contributed by atoms with E-state index >= 15 is 0 Å². The third-order valence-electron chi connectivity index (χ3n) is 1.90. The standard InChI is InChI=1S/C8H8N4O2/c1-2-6-10-11-8-9-3-5(7(13)14)4-12(6)8/h3-4H,2H2,1H3,(H,13,14). The van der Waals surface area contributed by atoms with Gasteiger partial charge in [0.25, 0.3) is 5.78 Å². The Bertz CT molecular complexity index is 491. The minimum Gasteiger partial charge on any atom is -0.478 e. The third-order valence-corrected chi connectivity index (χ3v) is 1.90. The van der Waals surface area contributed by atoms with Gasteiger partial charge in [0, 0.05) is 18.8 Å². The molecule has 0 amide bonds. The first-order chi connectivity index (χ1) is 6.72. The maximum Gasteiger partial charge on any atom is 0.338 e. The molecule has 2 heterocycles. The lowest BCUT2D eigenvalue weighted by molar-refractivity contribution is 0.0696. The number of aromatic nitrogens is 4. The van der Waals surface area contributed by atoms with E-state index in [-0.39, 0.29) is 5.56 Å². The molecule has 0 aliphatic carbocycles. The lowest BCUT2D eigenvalue weighted by Gasteiger charge is -1.97. The summed E-state index contributed by atoms with van der Waals surface area (Å²) in [5.41, 5.74) is 0.131. The molecule has 0 saturated heterocycles. The van der Waals surface area contributed by atoms with Crippen molar-refractivity contribution in [1.82, 2.24) is 19.6 Å². The van der Waals surface area contributed by atoms with Crippen LogP contribution in [0.15, 0.2) is 12.4 Å². The van der Waals surface area contributed by atoms with Gasteiger partial charge in [0.1, 0.15) is 5.82 Å². The van der Waals surface area contributed by atoms with Crippen LogP contribution in [0.2, 0.25) is 0 Å². The Hall–Kier alpha value is -1.98. The lowest BCUT2D eigenvalue weighted by Crippen LogP contribution is -2.02. The Morgan fingerprint density at radius 3 is 3.00 bits per heavy atom. The van der Waals surface area contributed by atoms with Gasteiger partial charge in [-0.3, -0.25) is 4.40 Å². The van der Waals surface area contributed by atoms with E-state index in [9.17, 15) is 4.79 Å². The van der Waals surface area contributed by atoms with Crippen LogP contribution in [0.25, 0.3) is 5.78 Å². The largest absolute Gasteiger partial charge is 0.478 e. The molecule has 2 aromatic rings. The smallest absolute Gasteiger partial charge is 0.338 e. The molecule has 0 aliphatic rings. The Morgan fingerprint density at radius 2 is 2.36 bits per heavy atom. The summed E-state index contributed by atoms with van der Waals surface area (Å²) in [6, 6.07) is 0. The van der Waals surface area contributed by atoms with Crippen molar-refractivity contribution in [2.75, 3.05) is 0 Å². The van der Waals surface area contributed by atoms with Crippen LogP contribution in [0.3, 0.4) is 0 Å². The second kappa shape index (κ2) is 3.06. The second-order valence-electron chi connectivity index (χ2n) is 2.79. The van der Waals surface area contributed by atoms with E-state index in [1.54, 1.807) is 4.40 Å². The molecule has 6 nitrogen and oxygen atoms in total. The number of nitrogens with zero attached hydrogens (tertiary/aromatic N) is 4. The van der Waals surface area contributed by atoms with Gasteiger partial charge in [0.2, 0.25) is 0 Å². The fourth-order valence-corrected chi connectivity index (χ4v) is 1.19. The van der Waals surface area contributed by atoms with Crippen LogP contribution < -0.4 is 0 Å². The first kappa shape index (κ1) is 8.61. The molecule has 0 saturated carbocycles. The summed E-state index contributed by atoms with van der Waals surface area (Å²) in [6.45, 7) is 1.92. The molecule has 2 rings (SSSR count). The zero-order valence-corrected chi connectivity index (χ0v) is 7.51. The molecule has 14 heavy (non-hydrogen) atoms. The molecule has 0 radical (unpaired) electrons. The molecule has 0 aromatic carbocycles. The number of carboxylic acid groups (broad SMARTS) is 1. The van der Waals surface area contributed by atoms with Crippen LogP contribution in [0, 0.1) is 0 Å². The van der Waals surface area contributed by atoms with Crippen LogP contribution in [-0.4, -0.2) is 30.7 Å². The van der Waals surface area contributed by atoms with Crippen molar-refractivity contribution in [3.05, 3.63) is 23.8 Å². The molecule has 0 unspecified atom stereocenters. The van der Waals surface area contributed by atoms with Crippen LogP contribution in [0.1, 0.15) is 23.1 Å². The highest BCUT2D eigenvalue weighted by molar-refractivity contribution is 5.86. The highest BCUT2D eigenvalue weighted by Crippen LogP contribution is 2.04. The van der Waals surface area contributed by atoms with Crippen molar-refractivity contribution in [2.45, 2.75) is 13.3 Å². The van der Waals surface area contributed by atoms with E-state index in [4.69, 9.17) is 5.11 Å². The maximum atomic E-state index is 10.7. The normalized spacial score (nSPS) is 10.6. The Kier molecular flexibility index (Phi) is 1.88. The predicted octanol–water partition coefficient (Wildman–Crippen LogP) is 0.385. The second-order valence-corrected chi connectivity index (χ2v) is 2.79. The number of fused-ring (bicyclic) bond motifs is 1. The number of carboxylic acids is 1. The van der Waals surface area contributed by atoms with Crippen LogP contribution in [0.4, 0.5) is 0 Å². The number of hydrogen-bond acceptors (Lipinski definition) is 4. The first-order valence-electron chi connectivity index (χ1n) is 4.15. The molecule has 0 spiro atoms. The Morgan fingerprint density at radius 1 is 1.57 bits per heavy atom. The number of hydrogen-bond donors (Lipinski definition) is 1. The minimum atomic E-state index is -1.00. The van der Waals surface area contributed by atoms with Gasteiger partial charge in [-0.15, -0.1) is 10.2 Å². The van der Waals surface area contributed by atoms with E-state index in [2.05, 4.69) is 15.2 Å². The van der Waals surface area contributed by atoms with E-state index in [1.807, 2.05) is 6.92 Å². The molecular weight excluding hydrogens is 184 g/mol. The molecule has 0 bridgehead atoms. The van der Waals surface area contributed by atoms with E-state index < -0.39 is 5.97 Å². The van der Waals surface area contributed by atoms with Gasteiger partial charge in [-0.05, 0) is 0 Å².